The molecule has 0 saturated heterocycles. The molecule has 104 valence electrons. The summed E-state index contributed by atoms with van der Waals surface area (Å²) in [5.41, 5.74) is 2.56. The third-order valence-corrected chi connectivity index (χ3v) is 5.83. The zero-order valence-electron chi connectivity index (χ0n) is 10.8. The minimum absolute atomic E-state index is 0.00665. The molecule has 0 spiro atoms. The van der Waals surface area contributed by atoms with Crippen molar-refractivity contribution < 1.29 is 13.2 Å². The number of fused-ring (bicyclic) bond motifs is 1. The first-order valence-corrected chi connectivity index (χ1v) is 8.44. The van der Waals surface area contributed by atoms with Gasteiger partial charge in [-0.15, -0.1) is 11.6 Å². The molecule has 2 unspecified atom stereocenters. The summed E-state index contributed by atoms with van der Waals surface area (Å²) in [5.74, 6) is 0.00665. The lowest BCUT2D eigenvalue weighted by Crippen LogP contribution is -2.22. The van der Waals surface area contributed by atoms with Gasteiger partial charge in [0.1, 0.15) is 0 Å². The Kier molecular flexibility index (Phi) is 3.87. The topological polar surface area (TPSA) is 63.2 Å². The largest absolute Gasteiger partial charge is 0.326 e. The van der Waals surface area contributed by atoms with Gasteiger partial charge in [0.15, 0.2) is 9.84 Å². The molecular weight excluding hydrogens is 286 g/mol. The molecule has 0 saturated carbocycles. The fourth-order valence-electron chi connectivity index (χ4n) is 2.06. The number of amides is 1. The van der Waals surface area contributed by atoms with Crippen LogP contribution in [0.4, 0.5) is 5.69 Å². The Bertz CT molecular complexity index is 612. The number of aryl methyl sites for hydroxylation is 1. The van der Waals surface area contributed by atoms with Gasteiger partial charge in [0, 0.05) is 18.4 Å². The number of carbonyl (C=O) groups is 1. The maximum Gasteiger partial charge on any atom is 0.224 e. The minimum atomic E-state index is -3.18. The molecule has 1 aliphatic heterocycles. The number of hydrogen-bond donors (Lipinski definition) is 1. The molecule has 19 heavy (non-hydrogen) atoms. The van der Waals surface area contributed by atoms with Crippen molar-refractivity contribution in [2.45, 2.75) is 30.4 Å². The molecule has 4 nitrogen and oxygen atoms in total. The molecule has 6 heteroatoms. The standard InChI is InChI=1S/C13H16ClNO3S/c1-8(19(2,17)18)13(14)10-3-5-11-9(7-10)4-6-12(16)15-11/h3,5,7-8,13H,4,6H2,1-2H3,(H,15,16). The van der Waals surface area contributed by atoms with Crippen LogP contribution in [0.25, 0.3) is 0 Å². The van der Waals surface area contributed by atoms with Crippen molar-refractivity contribution in [3.63, 3.8) is 0 Å². The summed E-state index contributed by atoms with van der Waals surface area (Å²) in [6.07, 6.45) is 2.29. The van der Waals surface area contributed by atoms with E-state index < -0.39 is 20.5 Å². The molecule has 1 aromatic carbocycles. The van der Waals surface area contributed by atoms with E-state index in [0.29, 0.717) is 12.8 Å². The van der Waals surface area contributed by atoms with Crippen LogP contribution in [0.5, 0.6) is 0 Å². The molecule has 1 aromatic rings. The molecule has 1 aliphatic rings. The number of nitrogens with one attached hydrogen (secondary N) is 1. The maximum absolute atomic E-state index is 11.5. The van der Waals surface area contributed by atoms with E-state index in [9.17, 15) is 13.2 Å². The first kappa shape index (κ1) is 14.3. The number of benzene rings is 1. The van der Waals surface area contributed by atoms with Crippen LogP contribution in [-0.4, -0.2) is 25.8 Å². The Labute approximate surface area is 118 Å². The van der Waals surface area contributed by atoms with E-state index in [0.717, 1.165) is 16.8 Å². The van der Waals surface area contributed by atoms with E-state index in [4.69, 9.17) is 11.6 Å². The zero-order valence-corrected chi connectivity index (χ0v) is 12.4. The SMILES string of the molecule is CC(C(Cl)c1ccc2c(c1)CCC(=O)N2)S(C)(=O)=O. The van der Waals surface area contributed by atoms with Crippen LogP contribution in [-0.2, 0) is 21.1 Å². The second-order valence-corrected chi connectivity index (χ2v) is 7.77. The highest BCUT2D eigenvalue weighted by atomic mass is 35.5. The zero-order chi connectivity index (χ0) is 14.2. The average Bonchev–Trinajstić information content (AvgIpc) is 2.35. The summed E-state index contributed by atoms with van der Waals surface area (Å²) in [5, 5.41) is 1.55. The van der Waals surface area contributed by atoms with E-state index in [1.54, 1.807) is 19.1 Å². The molecule has 0 fully saturated rings. The van der Waals surface area contributed by atoms with Gasteiger partial charge < -0.3 is 5.32 Å². The van der Waals surface area contributed by atoms with Crippen molar-refractivity contribution in [1.29, 1.82) is 0 Å². The summed E-state index contributed by atoms with van der Waals surface area (Å²) in [7, 11) is -3.18. The lowest BCUT2D eigenvalue weighted by Gasteiger charge is -2.21. The number of rotatable bonds is 3. The molecular formula is C13H16ClNO3S. The van der Waals surface area contributed by atoms with Crippen molar-refractivity contribution in [2.75, 3.05) is 11.6 Å². The predicted molar refractivity (Wildman–Crippen MR) is 76.3 cm³/mol. The summed E-state index contributed by atoms with van der Waals surface area (Å²) >= 11 is 6.25. The van der Waals surface area contributed by atoms with Crippen molar-refractivity contribution in [3.8, 4) is 0 Å². The highest BCUT2D eigenvalue weighted by molar-refractivity contribution is 7.91. The molecule has 2 atom stereocenters. The van der Waals surface area contributed by atoms with E-state index in [-0.39, 0.29) is 5.91 Å². The summed E-state index contributed by atoms with van der Waals surface area (Å²) in [6, 6.07) is 5.43. The van der Waals surface area contributed by atoms with Crippen LogP contribution in [0.15, 0.2) is 18.2 Å². The van der Waals surface area contributed by atoms with Gasteiger partial charge in [0.25, 0.3) is 0 Å². The van der Waals surface area contributed by atoms with Crippen LogP contribution in [0.1, 0.15) is 29.8 Å². The summed E-state index contributed by atoms with van der Waals surface area (Å²) in [4.78, 5) is 11.3. The van der Waals surface area contributed by atoms with Gasteiger partial charge in [-0.05, 0) is 30.5 Å². The Balaban J connectivity index is 2.30. The number of alkyl halides is 1. The Hall–Kier alpha value is -1.07. The lowest BCUT2D eigenvalue weighted by molar-refractivity contribution is -0.116. The first-order chi connectivity index (χ1) is 8.79. The summed E-state index contributed by atoms with van der Waals surface area (Å²) in [6.45, 7) is 1.61. The highest BCUT2D eigenvalue weighted by Crippen LogP contribution is 2.32. The van der Waals surface area contributed by atoms with Crippen molar-refractivity contribution in [3.05, 3.63) is 29.3 Å². The van der Waals surface area contributed by atoms with Crippen LogP contribution in [0.3, 0.4) is 0 Å². The van der Waals surface area contributed by atoms with E-state index in [2.05, 4.69) is 5.32 Å². The van der Waals surface area contributed by atoms with Gasteiger partial charge >= 0.3 is 0 Å². The number of hydrogen-bond acceptors (Lipinski definition) is 3. The van der Waals surface area contributed by atoms with Crippen molar-refractivity contribution in [2.24, 2.45) is 0 Å². The quantitative estimate of drug-likeness (QED) is 0.871. The van der Waals surface area contributed by atoms with Crippen LogP contribution >= 0.6 is 11.6 Å². The first-order valence-electron chi connectivity index (χ1n) is 6.04. The van der Waals surface area contributed by atoms with Gasteiger partial charge in [-0.2, -0.15) is 0 Å². The average molecular weight is 302 g/mol. The molecule has 0 radical (unpaired) electrons. The van der Waals surface area contributed by atoms with Gasteiger partial charge in [-0.3, -0.25) is 4.79 Å². The van der Waals surface area contributed by atoms with Gasteiger partial charge in [0.05, 0.1) is 10.6 Å². The third kappa shape index (κ3) is 3.09. The Morgan fingerprint density at radius 2 is 2.00 bits per heavy atom. The maximum atomic E-state index is 11.5. The monoisotopic (exact) mass is 301 g/mol. The third-order valence-electron chi connectivity index (χ3n) is 3.43. The van der Waals surface area contributed by atoms with E-state index in [1.807, 2.05) is 6.07 Å². The summed E-state index contributed by atoms with van der Waals surface area (Å²) < 4.78 is 23.1. The second-order valence-electron chi connectivity index (χ2n) is 4.90. The smallest absolute Gasteiger partial charge is 0.224 e. The lowest BCUT2D eigenvalue weighted by atomic mass is 9.98. The Morgan fingerprint density at radius 1 is 1.32 bits per heavy atom. The van der Waals surface area contributed by atoms with Crippen molar-refractivity contribution in [1.82, 2.24) is 0 Å². The molecule has 1 N–H and O–H groups in total. The minimum Gasteiger partial charge on any atom is -0.326 e. The van der Waals surface area contributed by atoms with Crippen LogP contribution in [0, 0.1) is 0 Å². The molecule has 0 bridgehead atoms. The van der Waals surface area contributed by atoms with Crippen molar-refractivity contribution >= 4 is 33.0 Å². The molecule has 1 amide bonds. The normalized spacial score (nSPS) is 18.4. The highest BCUT2D eigenvalue weighted by Gasteiger charge is 2.26. The number of anilines is 1. The van der Waals surface area contributed by atoms with E-state index >= 15 is 0 Å². The van der Waals surface area contributed by atoms with E-state index in [1.165, 1.54) is 6.26 Å². The molecule has 1 heterocycles. The Morgan fingerprint density at radius 3 is 2.63 bits per heavy atom. The predicted octanol–water partition coefficient (Wildman–Crippen LogP) is 2.28. The van der Waals surface area contributed by atoms with Crippen LogP contribution in [0.2, 0.25) is 0 Å². The second kappa shape index (κ2) is 5.13. The molecule has 0 aromatic heterocycles. The number of halogens is 1. The fourth-order valence-corrected chi connectivity index (χ4v) is 3.35. The van der Waals surface area contributed by atoms with Gasteiger partial charge in [-0.1, -0.05) is 12.1 Å². The number of carbonyl (C=O) groups excluding carboxylic acids is 1. The number of sulfone groups is 1. The van der Waals surface area contributed by atoms with Crippen LogP contribution < -0.4 is 5.32 Å². The van der Waals surface area contributed by atoms with Gasteiger partial charge in [0.2, 0.25) is 5.91 Å². The van der Waals surface area contributed by atoms with Gasteiger partial charge in [-0.25, -0.2) is 8.42 Å². The fraction of sp³-hybridized carbons (Fsp3) is 0.462. The molecule has 2 rings (SSSR count). The molecule has 0 aliphatic carbocycles.